The fourth-order valence-electron chi connectivity index (χ4n) is 2.82. The minimum Gasteiger partial charge on any atom is -0.368 e. The molecule has 1 heterocycles. The van der Waals surface area contributed by atoms with E-state index in [4.69, 9.17) is 0 Å². The Balaban J connectivity index is 2.31. The Labute approximate surface area is 131 Å². The normalized spacial score (nSPS) is 18.9. The number of piperazine rings is 1. The molecule has 118 valence electrons. The molecule has 1 aliphatic rings. The van der Waals surface area contributed by atoms with E-state index in [0.717, 1.165) is 38.5 Å². The van der Waals surface area contributed by atoms with Crippen LogP contribution >= 0.6 is 15.9 Å². The molecule has 0 spiro atoms. The molecule has 0 saturated carbocycles. The molecule has 1 aromatic carbocycles. The molecule has 1 fully saturated rings. The van der Waals surface area contributed by atoms with Crippen molar-refractivity contribution < 1.29 is 13.2 Å². The second-order valence-electron chi connectivity index (χ2n) is 5.53. The van der Waals surface area contributed by atoms with Crippen molar-refractivity contribution in [2.75, 3.05) is 24.5 Å². The summed E-state index contributed by atoms with van der Waals surface area (Å²) < 4.78 is 39.3. The fraction of sp³-hybridized carbons (Fsp3) is 0.600. The number of anilines is 1. The first-order chi connectivity index (χ1) is 9.79. The third-order valence-electron chi connectivity index (χ3n) is 4.30. The monoisotopic (exact) mass is 364 g/mol. The van der Waals surface area contributed by atoms with Crippen molar-refractivity contribution in [2.24, 2.45) is 0 Å². The van der Waals surface area contributed by atoms with E-state index in [9.17, 15) is 13.2 Å². The van der Waals surface area contributed by atoms with Gasteiger partial charge in [-0.1, -0.05) is 29.8 Å². The predicted molar refractivity (Wildman–Crippen MR) is 82.7 cm³/mol. The molecule has 2 nitrogen and oxygen atoms in total. The molecule has 0 bridgehead atoms. The predicted octanol–water partition coefficient (Wildman–Crippen LogP) is 4.44. The lowest BCUT2D eigenvalue weighted by Crippen LogP contribution is -2.60. The van der Waals surface area contributed by atoms with Crippen LogP contribution < -0.4 is 10.2 Å². The van der Waals surface area contributed by atoms with Gasteiger partial charge < -0.3 is 10.2 Å². The molecule has 0 aromatic heterocycles. The molecule has 2 rings (SSSR count). The van der Waals surface area contributed by atoms with Crippen LogP contribution in [0.4, 0.5) is 18.9 Å². The van der Waals surface area contributed by atoms with Gasteiger partial charge in [0.2, 0.25) is 0 Å². The Hall–Kier alpha value is -0.750. The quantitative estimate of drug-likeness (QED) is 0.852. The Kier molecular flexibility index (Phi) is 4.88. The summed E-state index contributed by atoms with van der Waals surface area (Å²) >= 11 is 3.19. The summed E-state index contributed by atoms with van der Waals surface area (Å²) in [6, 6.07) is 4.13. The number of hydrogen-bond acceptors (Lipinski definition) is 2. The lowest BCUT2D eigenvalue weighted by molar-refractivity contribution is -0.137. The van der Waals surface area contributed by atoms with Crippen molar-refractivity contribution in [2.45, 2.75) is 38.4 Å². The zero-order chi connectivity index (χ0) is 15.7. The minimum atomic E-state index is -4.32. The molecule has 0 atom stereocenters. The third-order valence-corrected chi connectivity index (χ3v) is 4.76. The molecule has 0 radical (unpaired) electrons. The van der Waals surface area contributed by atoms with Gasteiger partial charge in [0, 0.05) is 35.3 Å². The van der Waals surface area contributed by atoms with Gasteiger partial charge in [-0.25, -0.2) is 0 Å². The van der Waals surface area contributed by atoms with Gasteiger partial charge in [0.1, 0.15) is 0 Å². The van der Waals surface area contributed by atoms with Crippen LogP contribution in [0.25, 0.3) is 0 Å². The number of halogens is 4. The van der Waals surface area contributed by atoms with Crippen LogP contribution in [0.5, 0.6) is 0 Å². The average molecular weight is 365 g/mol. The number of hydrogen-bond donors (Lipinski definition) is 1. The molecule has 1 aliphatic heterocycles. The van der Waals surface area contributed by atoms with Crippen LogP contribution in [-0.2, 0) is 6.18 Å². The van der Waals surface area contributed by atoms with Crippen LogP contribution in [0.2, 0.25) is 0 Å². The van der Waals surface area contributed by atoms with Crippen LogP contribution in [0, 0.1) is 0 Å². The number of benzene rings is 1. The zero-order valence-electron chi connectivity index (χ0n) is 12.2. The highest BCUT2D eigenvalue weighted by Gasteiger charge is 2.34. The number of nitrogens with zero attached hydrogens (tertiary/aromatic N) is 1. The zero-order valence-corrected chi connectivity index (χ0v) is 13.8. The minimum absolute atomic E-state index is 0.0149. The van der Waals surface area contributed by atoms with E-state index in [1.807, 2.05) is 4.90 Å². The number of rotatable bonds is 3. The van der Waals surface area contributed by atoms with Crippen LogP contribution in [0.3, 0.4) is 0 Å². The number of nitrogens with one attached hydrogen (secondary N) is 1. The standard InChI is InChI=1S/C15H20BrF3N2/c1-3-14(4-2)10-21(6-5-20-14)13-8-11(15(17,18)19)7-12(16)9-13/h7-9,20H,3-6,10H2,1-2H3. The van der Waals surface area contributed by atoms with Gasteiger partial charge in [-0.3, -0.25) is 0 Å². The van der Waals surface area contributed by atoms with Crippen molar-refractivity contribution in [3.63, 3.8) is 0 Å². The summed E-state index contributed by atoms with van der Waals surface area (Å²) in [4.78, 5) is 2.05. The maximum atomic E-state index is 12.9. The molecule has 21 heavy (non-hydrogen) atoms. The lowest BCUT2D eigenvalue weighted by atomic mass is 9.90. The molecule has 1 aromatic rings. The van der Waals surface area contributed by atoms with E-state index in [1.54, 1.807) is 6.07 Å². The summed E-state index contributed by atoms with van der Waals surface area (Å²) in [7, 11) is 0. The van der Waals surface area contributed by atoms with Gasteiger partial charge in [0.25, 0.3) is 0 Å². The molecular formula is C15H20BrF3N2. The average Bonchev–Trinajstić information content (AvgIpc) is 2.45. The lowest BCUT2D eigenvalue weighted by Gasteiger charge is -2.44. The summed E-state index contributed by atoms with van der Waals surface area (Å²) in [5, 5.41) is 3.52. The molecule has 0 unspecified atom stereocenters. The second kappa shape index (κ2) is 6.16. The smallest absolute Gasteiger partial charge is 0.368 e. The second-order valence-corrected chi connectivity index (χ2v) is 6.45. The topological polar surface area (TPSA) is 15.3 Å². The summed E-state index contributed by atoms with van der Waals surface area (Å²) in [6.45, 7) is 6.46. The maximum absolute atomic E-state index is 12.9. The molecule has 1 saturated heterocycles. The van der Waals surface area contributed by atoms with Crippen molar-refractivity contribution >= 4 is 21.6 Å². The van der Waals surface area contributed by atoms with Gasteiger partial charge in [-0.05, 0) is 31.0 Å². The van der Waals surface area contributed by atoms with Crippen molar-refractivity contribution in [1.82, 2.24) is 5.32 Å². The third kappa shape index (κ3) is 3.72. The van der Waals surface area contributed by atoms with E-state index < -0.39 is 11.7 Å². The molecule has 6 heteroatoms. The highest BCUT2D eigenvalue weighted by Crippen LogP contribution is 2.35. The first kappa shape index (κ1) is 16.6. The van der Waals surface area contributed by atoms with Gasteiger partial charge in [-0.15, -0.1) is 0 Å². The van der Waals surface area contributed by atoms with Crippen molar-refractivity contribution in [3.8, 4) is 0 Å². The summed E-state index contributed by atoms with van der Waals surface area (Å²) in [6.07, 6.45) is -2.40. The van der Waals surface area contributed by atoms with Crippen molar-refractivity contribution in [3.05, 3.63) is 28.2 Å². The van der Waals surface area contributed by atoms with Crippen LogP contribution in [0.15, 0.2) is 22.7 Å². The SMILES string of the molecule is CCC1(CC)CN(c2cc(Br)cc(C(F)(F)F)c2)CCN1. The van der Waals surface area contributed by atoms with Gasteiger partial charge in [0.05, 0.1) is 5.56 Å². The Bertz CT molecular complexity index is 498. The van der Waals surface area contributed by atoms with E-state index in [1.165, 1.54) is 6.07 Å². The summed E-state index contributed by atoms with van der Waals surface area (Å²) in [5.41, 5.74) is 0.00682. The molecule has 1 N–H and O–H groups in total. The maximum Gasteiger partial charge on any atom is 0.416 e. The first-order valence-corrected chi connectivity index (χ1v) is 7.97. The van der Waals surface area contributed by atoms with Gasteiger partial charge in [-0.2, -0.15) is 13.2 Å². The highest BCUT2D eigenvalue weighted by atomic mass is 79.9. The molecular weight excluding hydrogens is 345 g/mol. The van der Waals surface area contributed by atoms with E-state index in [-0.39, 0.29) is 5.54 Å². The Morgan fingerprint density at radius 2 is 1.90 bits per heavy atom. The summed E-state index contributed by atoms with van der Waals surface area (Å²) in [5.74, 6) is 0. The Morgan fingerprint density at radius 1 is 1.24 bits per heavy atom. The molecule has 0 amide bonds. The molecule has 0 aliphatic carbocycles. The first-order valence-electron chi connectivity index (χ1n) is 7.17. The van der Waals surface area contributed by atoms with Crippen LogP contribution in [0.1, 0.15) is 32.3 Å². The van der Waals surface area contributed by atoms with Crippen molar-refractivity contribution in [1.29, 1.82) is 0 Å². The largest absolute Gasteiger partial charge is 0.416 e. The van der Waals surface area contributed by atoms with Gasteiger partial charge >= 0.3 is 6.18 Å². The van der Waals surface area contributed by atoms with E-state index in [2.05, 4.69) is 35.1 Å². The fourth-order valence-corrected chi connectivity index (χ4v) is 3.30. The number of alkyl halides is 3. The van der Waals surface area contributed by atoms with Gasteiger partial charge in [0.15, 0.2) is 0 Å². The Morgan fingerprint density at radius 3 is 2.48 bits per heavy atom. The highest BCUT2D eigenvalue weighted by molar-refractivity contribution is 9.10. The van der Waals surface area contributed by atoms with E-state index >= 15 is 0 Å². The van der Waals surface area contributed by atoms with Crippen LogP contribution in [-0.4, -0.2) is 25.2 Å². The van der Waals surface area contributed by atoms with E-state index in [0.29, 0.717) is 10.2 Å².